The van der Waals surface area contributed by atoms with Crippen LogP contribution in [0.4, 0.5) is 18.0 Å². The van der Waals surface area contributed by atoms with Gasteiger partial charge < -0.3 is 14.4 Å². The van der Waals surface area contributed by atoms with E-state index >= 15 is 0 Å². The van der Waals surface area contributed by atoms with Crippen LogP contribution in [0.2, 0.25) is 0 Å². The molecule has 1 aromatic rings. The number of ether oxygens (including phenoxy) is 2. The van der Waals surface area contributed by atoms with Gasteiger partial charge in [0.15, 0.2) is 11.5 Å². The summed E-state index contributed by atoms with van der Waals surface area (Å²) in [5, 5.41) is -1.17. The van der Waals surface area contributed by atoms with Crippen LogP contribution in [-0.2, 0) is 6.54 Å². The molecule has 0 bridgehead atoms. The van der Waals surface area contributed by atoms with Gasteiger partial charge in [-0.3, -0.25) is 4.79 Å². The van der Waals surface area contributed by atoms with Crippen LogP contribution in [0.15, 0.2) is 18.2 Å². The molecule has 0 saturated carbocycles. The zero-order valence-corrected chi connectivity index (χ0v) is 11.6. The van der Waals surface area contributed by atoms with Crippen molar-refractivity contribution >= 4 is 17.0 Å². The maximum Gasteiger partial charge on any atom is 0.406 e. The van der Waals surface area contributed by atoms with Gasteiger partial charge >= 0.3 is 11.5 Å². The zero-order chi connectivity index (χ0) is 15.3. The van der Waals surface area contributed by atoms with E-state index in [0.29, 0.717) is 22.0 Å². The van der Waals surface area contributed by atoms with Crippen molar-refractivity contribution in [3.63, 3.8) is 0 Å². The Bertz CT molecular complexity index is 480. The third-order valence-electron chi connectivity index (χ3n) is 2.44. The Morgan fingerprint density at radius 1 is 1.25 bits per heavy atom. The highest BCUT2D eigenvalue weighted by molar-refractivity contribution is 6.62. The van der Waals surface area contributed by atoms with Gasteiger partial charge in [-0.25, -0.2) is 0 Å². The number of nitrogens with zero attached hydrogens (tertiary/aromatic N) is 1. The Morgan fingerprint density at radius 2 is 1.85 bits per heavy atom. The lowest BCUT2D eigenvalue weighted by Gasteiger charge is -2.21. The average Bonchev–Trinajstić information content (AvgIpc) is 2.36. The summed E-state index contributed by atoms with van der Waals surface area (Å²) in [7, 11) is 2.84. The predicted octanol–water partition coefficient (Wildman–Crippen LogP) is 3.43. The van der Waals surface area contributed by atoms with Crippen LogP contribution in [0.1, 0.15) is 5.56 Å². The monoisotopic (exact) mass is 311 g/mol. The number of carbonyl (C=O) groups is 1. The van der Waals surface area contributed by atoms with E-state index in [1.54, 1.807) is 6.07 Å². The van der Waals surface area contributed by atoms with E-state index in [0.717, 1.165) is 0 Å². The van der Waals surface area contributed by atoms with Crippen LogP contribution in [-0.4, -0.2) is 37.2 Å². The standard InChI is InChI=1S/C12H13ClF3NO3/c1-19-9-4-3-8(5-10(9)20-2)6-17(11(13)18)7-12(14,15)16/h3-5H,6-7H2,1-2H3. The number of carbonyl (C=O) groups excluding carboxylic acids is 1. The fourth-order valence-electron chi connectivity index (χ4n) is 1.60. The molecule has 0 saturated heterocycles. The lowest BCUT2D eigenvalue weighted by Crippen LogP contribution is -2.35. The van der Waals surface area contributed by atoms with Crippen LogP contribution in [0.3, 0.4) is 0 Å². The fraction of sp³-hybridized carbons (Fsp3) is 0.417. The maximum absolute atomic E-state index is 12.3. The minimum atomic E-state index is -4.51. The highest BCUT2D eigenvalue weighted by Crippen LogP contribution is 2.28. The molecular weight excluding hydrogens is 299 g/mol. The lowest BCUT2D eigenvalue weighted by atomic mass is 10.2. The second-order valence-corrected chi connectivity index (χ2v) is 4.24. The van der Waals surface area contributed by atoms with E-state index in [-0.39, 0.29) is 6.54 Å². The molecule has 0 fully saturated rings. The summed E-state index contributed by atoms with van der Waals surface area (Å²) in [6, 6.07) is 4.56. The molecular formula is C12H13ClF3NO3. The van der Waals surface area contributed by atoms with Crippen LogP contribution >= 0.6 is 11.6 Å². The number of alkyl halides is 3. The molecule has 4 nitrogen and oxygen atoms in total. The van der Waals surface area contributed by atoms with Crippen molar-refractivity contribution in [2.75, 3.05) is 20.8 Å². The molecule has 0 atom stereocenters. The largest absolute Gasteiger partial charge is 0.493 e. The smallest absolute Gasteiger partial charge is 0.406 e. The molecule has 0 unspecified atom stereocenters. The first-order valence-corrected chi connectivity index (χ1v) is 5.86. The van der Waals surface area contributed by atoms with Gasteiger partial charge in [0.1, 0.15) is 6.54 Å². The Labute approximate surface area is 119 Å². The van der Waals surface area contributed by atoms with Crippen molar-refractivity contribution in [3.8, 4) is 11.5 Å². The Kier molecular flexibility index (Phi) is 5.50. The molecule has 1 amide bonds. The number of rotatable bonds is 5. The fourth-order valence-corrected chi connectivity index (χ4v) is 1.72. The second kappa shape index (κ2) is 6.69. The number of benzene rings is 1. The first-order valence-electron chi connectivity index (χ1n) is 5.49. The molecule has 0 aliphatic rings. The summed E-state index contributed by atoms with van der Waals surface area (Å²) in [4.78, 5) is 11.5. The average molecular weight is 312 g/mol. The summed E-state index contributed by atoms with van der Waals surface area (Å²) >= 11 is 5.16. The molecule has 0 radical (unpaired) electrons. The molecule has 1 aromatic carbocycles. The highest BCUT2D eigenvalue weighted by atomic mass is 35.5. The summed E-state index contributed by atoms with van der Waals surface area (Å²) in [6.45, 7) is -1.69. The van der Waals surface area contributed by atoms with Gasteiger partial charge in [-0.1, -0.05) is 6.07 Å². The molecule has 8 heteroatoms. The quantitative estimate of drug-likeness (QED) is 0.618. The number of hydrogen-bond donors (Lipinski definition) is 0. The summed E-state index contributed by atoms with van der Waals surface area (Å²) in [6.07, 6.45) is -4.51. The molecule has 112 valence electrons. The van der Waals surface area contributed by atoms with Gasteiger partial charge in [0.05, 0.1) is 14.2 Å². The van der Waals surface area contributed by atoms with Gasteiger partial charge in [-0.15, -0.1) is 0 Å². The van der Waals surface area contributed by atoms with Crippen LogP contribution in [0.5, 0.6) is 11.5 Å². The van der Waals surface area contributed by atoms with Crippen molar-refractivity contribution < 1.29 is 27.4 Å². The Hall–Kier alpha value is -1.63. The summed E-state index contributed by atoms with van der Waals surface area (Å²) < 4.78 is 47.1. The zero-order valence-electron chi connectivity index (χ0n) is 10.8. The first-order chi connectivity index (χ1) is 9.26. The summed E-state index contributed by atoms with van der Waals surface area (Å²) in [5.41, 5.74) is 0.445. The number of amides is 1. The van der Waals surface area contributed by atoms with Crippen LogP contribution in [0.25, 0.3) is 0 Å². The third-order valence-corrected chi connectivity index (χ3v) is 2.68. The van der Waals surface area contributed by atoms with E-state index in [1.165, 1.54) is 26.4 Å². The number of halogens is 4. The predicted molar refractivity (Wildman–Crippen MR) is 67.3 cm³/mol. The van der Waals surface area contributed by atoms with Crippen LogP contribution < -0.4 is 9.47 Å². The maximum atomic E-state index is 12.3. The highest BCUT2D eigenvalue weighted by Gasteiger charge is 2.32. The molecule has 0 N–H and O–H groups in total. The molecule has 0 spiro atoms. The van der Waals surface area contributed by atoms with E-state index in [2.05, 4.69) is 0 Å². The molecule has 0 heterocycles. The minimum Gasteiger partial charge on any atom is -0.493 e. The Morgan fingerprint density at radius 3 is 2.30 bits per heavy atom. The Balaban J connectivity index is 2.91. The molecule has 20 heavy (non-hydrogen) atoms. The first kappa shape index (κ1) is 16.4. The van der Waals surface area contributed by atoms with E-state index in [4.69, 9.17) is 21.1 Å². The molecule has 0 aromatic heterocycles. The normalized spacial score (nSPS) is 11.1. The van der Waals surface area contributed by atoms with Crippen molar-refractivity contribution in [1.29, 1.82) is 0 Å². The SMILES string of the molecule is COc1ccc(CN(CC(F)(F)F)C(=O)Cl)cc1OC. The third kappa shape index (κ3) is 4.80. The van der Waals surface area contributed by atoms with E-state index in [1.807, 2.05) is 0 Å². The van der Waals surface area contributed by atoms with Gasteiger partial charge in [-0.2, -0.15) is 13.2 Å². The molecule has 1 rings (SSSR count). The van der Waals surface area contributed by atoms with Crippen molar-refractivity contribution in [2.24, 2.45) is 0 Å². The number of methoxy groups -OCH3 is 2. The van der Waals surface area contributed by atoms with E-state index in [9.17, 15) is 18.0 Å². The lowest BCUT2D eigenvalue weighted by molar-refractivity contribution is -0.139. The van der Waals surface area contributed by atoms with Gasteiger partial charge in [0.2, 0.25) is 0 Å². The van der Waals surface area contributed by atoms with Crippen molar-refractivity contribution in [3.05, 3.63) is 23.8 Å². The number of hydrogen-bond acceptors (Lipinski definition) is 3. The van der Waals surface area contributed by atoms with Gasteiger partial charge in [0.25, 0.3) is 0 Å². The van der Waals surface area contributed by atoms with E-state index < -0.39 is 18.1 Å². The minimum absolute atomic E-state index is 0.276. The van der Waals surface area contributed by atoms with Gasteiger partial charge in [-0.05, 0) is 29.3 Å². The van der Waals surface area contributed by atoms with Crippen molar-refractivity contribution in [1.82, 2.24) is 4.90 Å². The second-order valence-electron chi connectivity index (χ2n) is 3.91. The van der Waals surface area contributed by atoms with Crippen LogP contribution in [0, 0.1) is 0 Å². The molecule has 0 aliphatic carbocycles. The topological polar surface area (TPSA) is 38.8 Å². The van der Waals surface area contributed by atoms with Gasteiger partial charge in [0, 0.05) is 6.54 Å². The molecule has 0 aliphatic heterocycles. The summed E-state index contributed by atoms with van der Waals surface area (Å²) in [5.74, 6) is 0.801. The van der Waals surface area contributed by atoms with Crippen molar-refractivity contribution in [2.45, 2.75) is 12.7 Å².